The SMILES string of the molecule is O=C(c1cn2c3c(c(NCCN4CCOCC4)c(F)cc3c1=O)Oc1cc3ccccc3cc1-2)N1CCN(c2ncccn2)CC1. The van der Waals surface area contributed by atoms with Crippen molar-refractivity contribution in [3.63, 3.8) is 0 Å². The number of halogens is 1. The number of amides is 1. The summed E-state index contributed by atoms with van der Waals surface area (Å²) in [6.45, 7) is 6.00. The van der Waals surface area contributed by atoms with Crippen LogP contribution in [0.2, 0.25) is 0 Å². The molecule has 12 heteroatoms. The van der Waals surface area contributed by atoms with Crippen molar-refractivity contribution < 1.29 is 18.7 Å². The van der Waals surface area contributed by atoms with Crippen molar-refractivity contribution in [3.8, 4) is 17.2 Å². The van der Waals surface area contributed by atoms with E-state index in [4.69, 9.17) is 9.47 Å². The number of hydrogen-bond acceptors (Lipinski definition) is 9. The maximum absolute atomic E-state index is 16.0. The third kappa shape index (κ3) is 4.99. The normalized spacial score (nSPS) is 16.4. The molecule has 234 valence electrons. The monoisotopic (exact) mass is 621 g/mol. The van der Waals surface area contributed by atoms with E-state index >= 15 is 4.39 Å². The molecule has 0 aliphatic carbocycles. The van der Waals surface area contributed by atoms with Crippen LogP contribution < -0.4 is 20.4 Å². The number of carbonyl (C=O) groups is 1. The molecule has 0 atom stereocenters. The summed E-state index contributed by atoms with van der Waals surface area (Å²) in [4.78, 5) is 42.5. The Morgan fingerprint density at radius 3 is 2.43 bits per heavy atom. The number of nitrogens with zero attached hydrogens (tertiary/aromatic N) is 6. The van der Waals surface area contributed by atoms with Gasteiger partial charge in [-0.25, -0.2) is 14.4 Å². The van der Waals surface area contributed by atoms with Crippen molar-refractivity contribution in [2.75, 3.05) is 75.8 Å². The molecule has 0 unspecified atom stereocenters. The van der Waals surface area contributed by atoms with Gasteiger partial charge in [0.05, 0.1) is 24.3 Å². The minimum atomic E-state index is -0.613. The molecule has 3 aliphatic rings. The van der Waals surface area contributed by atoms with Crippen molar-refractivity contribution >= 4 is 39.2 Å². The number of piperazine rings is 1. The minimum absolute atomic E-state index is 0.0173. The number of benzene rings is 3. The molecule has 1 N–H and O–H groups in total. The summed E-state index contributed by atoms with van der Waals surface area (Å²) in [6, 6.07) is 14.7. The fourth-order valence-electron chi connectivity index (χ4n) is 6.52. The standard InChI is InChI=1S/C34H32FN7O4/c35-26-20-24-30-32(29(26)36-8-9-39-14-16-45-17-15-39)46-28-19-23-5-2-1-4-22(23)18-27(28)42(30)21-25(31(24)43)33(44)40-10-12-41(13-11-40)34-37-6-3-7-38-34/h1-7,18-21,36H,8-17H2. The molecule has 3 aromatic carbocycles. The number of nitrogens with one attached hydrogen (secondary N) is 1. The molecule has 1 amide bonds. The number of hydrogen-bond donors (Lipinski definition) is 1. The highest BCUT2D eigenvalue weighted by Crippen LogP contribution is 2.46. The second kappa shape index (κ2) is 11.7. The van der Waals surface area contributed by atoms with Crippen LogP contribution in [0.1, 0.15) is 10.4 Å². The highest BCUT2D eigenvalue weighted by Gasteiger charge is 2.31. The van der Waals surface area contributed by atoms with Crippen LogP contribution in [0.5, 0.6) is 11.5 Å². The zero-order chi connectivity index (χ0) is 31.2. The number of rotatable bonds is 6. The van der Waals surface area contributed by atoms with Crippen LogP contribution in [0.25, 0.3) is 27.4 Å². The van der Waals surface area contributed by atoms with Gasteiger partial charge in [0.1, 0.15) is 16.8 Å². The van der Waals surface area contributed by atoms with Gasteiger partial charge in [0.2, 0.25) is 11.4 Å². The van der Waals surface area contributed by atoms with Gasteiger partial charge in [-0.15, -0.1) is 0 Å². The second-order valence-electron chi connectivity index (χ2n) is 11.7. The van der Waals surface area contributed by atoms with Gasteiger partial charge in [-0.05, 0) is 35.0 Å². The second-order valence-corrected chi connectivity index (χ2v) is 11.7. The average molecular weight is 622 g/mol. The van der Waals surface area contributed by atoms with Crippen LogP contribution in [0.15, 0.2) is 71.9 Å². The number of pyridine rings is 1. The van der Waals surface area contributed by atoms with Gasteiger partial charge >= 0.3 is 0 Å². The number of morpholine rings is 1. The lowest BCUT2D eigenvalue weighted by atomic mass is 10.0. The van der Waals surface area contributed by atoms with E-state index in [0.29, 0.717) is 75.4 Å². The predicted molar refractivity (Wildman–Crippen MR) is 173 cm³/mol. The number of anilines is 2. The lowest BCUT2D eigenvalue weighted by Gasteiger charge is -2.34. The molecule has 0 bridgehead atoms. The summed E-state index contributed by atoms with van der Waals surface area (Å²) in [5.41, 5.74) is 0.730. The van der Waals surface area contributed by atoms with E-state index in [-0.39, 0.29) is 22.4 Å². The van der Waals surface area contributed by atoms with E-state index in [1.807, 2.05) is 45.9 Å². The molecule has 2 fully saturated rings. The largest absolute Gasteiger partial charge is 0.451 e. The molecule has 11 nitrogen and oxygen atoms in total. The molecule has 2 aromatic heterocycles. The Labute approximate surface area is 263 Å². The Morgan fingerprint density at radius 2 is 1.67 bits per heavy atom. The summed E-state index contributed by atoms with van der Waals surface area (Å²) in [6.07, 6.45) is 4.96. The van der Waals surface area contributed by atoms with Gasteiger partial charge < -0.3 is 29.2 Å². The van der Waals surface area contributed by atoms with Crippen molar-refractivity contribution in [3.05, 3.63) is 88.7 Å². The van der Waals surface area contributed by atoms with E-state index in [0.717, 1.165) is 23.9 Å². The first-order chi connectivity index (χ1) is 22.5. The summed E-state index contributed by atoms with van der Waals surface area (Å²) in [5.74, 6) is 0.331. The molecule has 8 rings (SSSR count). The quantitative estimate of drug-likeness (QED) is 0.297. The Kier molecular flexibility index (Phi) is 7.22. The molecule has 2 saturated heterocycles. The maximum Gasteiger partial charge on any atom is 0.259 e. The molecule has 46 heavy (non-hydrogen) atoms. The Hall–Kier alpha value is -5.07. The fourth-order valence-corrected chi connectivity index (χ4v) is 6.52. The van der Waals surface area contributed by atoms with Crippen molar-refractivity contribution in [2.24, 2.45) is 0 Å². The van der Waals surface area contributed by atoms with Gasteiger partial charge in [0.25, 0.3) is 5.91 Å². The average Bonchev–Trinajstić information content (AvgIpc) is 3.10. The smallest absolute Gasteiger partial charge is 0.259 e. The van der Waals surface area contributed by atoms with Crippen molar-refractivity contribution in [2.45, 2.75) is 0 Å². The summed E-state index contributed by atoms with van der Waals surface area (Å²) in [7, 11) is 0. The van der Waals surface area contributed by atoms with E-state index in [1.165, 1.54) is 6.07 Å². The number of aromatic nitrogens is 3. The lowest BCUT2D eigenvalue weighted by Crippen LogP contribution is -2.50. The first-order valence-corrected chi connectivity index (χ1v) is 15.5. The highest BCUT2D eigenvalue weighted by molar-refractivity contribution is 6.02. The topological polar surface area (TPSA) is 105 Å². The predicted octanol–water partition coefficient (Wildman–Crippen LogP) is 3.89. The van der Waals surface area contributed by atoms with Crippen LogP contribution in [0, 0.1) is 5.82 Å². The summed E-state index contributed by atoms with van der Waals surface area (Å²) >= 11 is 0. The number of ether oxygens (including phenoxy) is 2. The molecular formula is C34H32FN7O4. The lowest BCUT2D eigenvalue weighted by molar-refractivity contribution is 0.0398. The summed E-state index contributed by atoms with van der Waals surface area (Å²) in [5, 5.41) is 5.26. The zero-order valence-corrected chi connectivity index (χ0v) is 25.1. The van der Waals surface area contributed by atoms with Gasteiger partial charge in [-0.2, -0.15) is 0 Å². The van der Waals surface area contributed by atoms with E-state index in [1.54, 1.807) is 29.6 Å². The van der Waals surface area contributed by atoms with Gasteiger partial charge in [0.15, 0.2) is 17.3 Å². The third-order valence-corrected chi connectivity index (χ3v) is 8.96. The van der Waals surface area contributed by atoms with E-state index in [9.17, 15) is 9.59 Å². The molecule has 3 aliphatic heterocycles. The van der Waals surface area contributed by atoms with Gasteiger partial charge in [0, 0.05) is 70.9 Å². The zero-order valence-electron chi connectivity index (χ0n) is 25.1. The van der Waals surface area contributed by atoms with Crippen LogP contribution in [0.3, 0.4) is 0 Å². The van der Waals surface area contributed by atoms with Crippen molar-refractivity contribution in [1.29, 1.82) is 0 Å². The Balaban J connectivity index is 1.19. The highest BCUT2D eigenvalue weighted by atomic mass is 19.1. The van der Waals surface area contributed by atoms with Crippen LogP contribution in [-0.4, -0.2) is 95.8 Å². The fraction of sp³-hybridized carbons (Fsp3) is 0.294. The molecule has 0 saturated carbocycles. The number of fused-ring (bicyclic) bond motifs is 3. The molecular weight excluding hydrogens is 589 g/mol. The first-order valence-electron chi connectivity index (χ1n) is 15.5. The van der Waals surface area contributed by atoms with E-state index < -0.39 is 17.2 Å². The van der Waals surface area contributed by atoms with Gasteiger partial charge in [-0.1, -0.05) is 24.3 Å². The van der Waals surface area contributed by atoms with Crippen LogP contribution >= 0.6 is 0 Å². The molecule has 0 radical (unpaired) electrons. The number of carbonyl (C=O) groups excluding carboxylic acids is 1. The Bertz CT molecular complexity index is 2020. The van der Waals surface area contributed by atoms with E-state index in [2.05, 4.69) is 20.2 Å². The minimum Gasteiger partial charge on any atom is -0.451 e. The third-order valence-electron chi connectivity index (χ3n) is 8.96. The maximum atomic E-state index is 16.0. The van der Waals surface area contributed by atoms with Crippen LogP contribution in [-0.2, 0) is 4.74 Å². The molecule has 5 aromatic rings. The Morgan fingerprint density at radius 1 is 0.935 bits per heavy atom. The molecule has 5 heterocycles. The van der Waals surface area contributed by atoms with Gasteiger partial charge in [-0.3, -0.25) is 14.5 Å². The summed E-state index contributed by atoms with van der Waals surface area (Å²) < 4.78 is 29.6. The van der Waals surface area contributed by atoms with Crippen LogP contribution in [0.4, 0.5) is 16.0 Å². The first kappa shape index (κ1) is 28.4. The molecule has 0 spiro atoms. The van der Waals surface area contributed by atoms with Crippen molar-refractivity contribution in [1.82, 2.24) is 24.3 Å².